The van der Waals surface area contributed by atoms with Gasteiger partial charge in [0.05, 0.1) is 0 Å². The molecule has 0 amide bonds. The van der Waals surface area contributed by atoms with E-state index < -0.39 is 16.6 Å². The van der Waals surface area contributed by atoms with Gasteiger partial charge in [0.15, 0.2) is 16.6 Å². The van der Waals surface area contributed by atoms with Crippen LogP contribution in [0.3, 0.4) is 0 Å². The van der Waals surface area contributed by atoms with Crippen LogP contribution in [0.25, 0.3) is 0 Å². The van der Waals surface area contributed by atoms with Gasteiger partial charge in [0.25, 0.3) is 0 Å². The van der Waals surface area contributed by atoms with E-state index in [1.807, 2.05) is 7.11 Å². The fraction of sp³-hybridized carbons (Fsp3) is 1.00. The molecular weight excluding hydrogens is 328 g/mol. The monoisotopic (exact) mass is 376 g/mol. The lowest BCUT2D eigenvalue weighted by molar-refractivity contribution is 0.400. The minimum absolute atomic E-state index is 1.13. The second kappa shape index (κ2) is 16.8. The lowest BCUT2D eigenvalue weighted by Gasteiger charge is -2.19. The van der Waals surface area contributed by atoms with E-state index in [-0.39, 0.29) is 0 Å². The Balaban J connectivity index is 0. The van der Waals surface area contributed by atoms with E-state index in [0.29, 0.717) is 0 Å². The first-order valence-electron chi connectivity index (χ1n) is 10.3. The molecule has 0 spiro atoms. The van der Waals surface area contributed by atoms with Crippen LogP contribution in [0.4, 0.5) is 0 Å². The summed E-state index contributed by atoms with van der Waals surface area (Å²) in [7, 11) is 1.26. The van der Waals surface area contributed by atoms with Crippen molar-refractivity contribution in [1.29, 1.82) is 0 Å². The zero-order valence-electron chi connectivity index (χ0n) is 18.3. The molecule has 0 heterocycles. The summed E-state index contributed by atoms with van der Waals surface area (Å²) in [6.45, 7) is 13.4. The first-order valence-corrected chi connectivity index (χ1v) is 16.8. The van der Waals surface area contributed by atoms with Crippen molar-refractivity contribution in [3.8, 4) is 0 Å². The van der Waals surface area contributed by atoms with Crippen LogP contribution in [0.15, 0.2) is 0 Å². The number of rotatable bonds is 9. The highest BCUT2D eigenvalue weighted by atomic mass is 28.4. The standard InChI is InChI=1S/C11H26OSi.C5H10.C4H12OSi/c1-5-6-7-8-9-10-11-13(3,4)12-2;1-2-4-5-3-1;1-5-6(2,3)4/h5-11H2,1-4H3;1-5H2;1-4H3. The highest BCUT2D eigenvalue weighted by molar-refractivity contribution is 6.71. The first-order chi connectivity index (χ1) is 11.2. The molecule has 1 rings (SSSR count). The molecule has 0 bridgehead atoms. The van der Waals surface area contributed by atoms with Gasteiger partial charge in [0.2, 0.25) is 0 Å². The Bertz CT molecular complexity index is 239. The molecule has 0 aromatic heterocycles. The van der Waals surface area contributed by atoms with E-state index in [9.17, 15) is 0 Å². The third kappa shape index (κ3) is 24.6. The third-order valence-corrected chi connectivity index (χ3v) is 8.43. The van der Waals surface area contributed by atoms with E-state index in [0.717, 1.165) is 0 Å². The molecule has 2 nitrogen and oxygen atoms in total. The Morgan fingerprint density at radius 3 is 1.33 bits per heavy atom. The number of unbranched alkanes of at least 4 members (excludes halogenated alkanes) is 5. The highest BCUT2D eigenvalue weighted by Gasteiger charge is 2.18. The van der Waals surface area contributed by atoms with Crippen LogP contribution in [0.1, 0.15) is 77.6 Å². The topological polar surface area (TPSA) is 18.5 Å². The van der Waals surface area contributed by atoms with E-state index in [2.05, 4.69) is 39.7 Å². The molecule has 0 radical (unpaired) electrons. The average molecular weight is 377 g/mol. The summed E-state index contributed by atoms with van der Waals surface area (Å²) in [6, 6.07) is 1.33. The van der Waals surface area contributed by atoms with Crippen molar-refractivity contribution in [2.75, 3.05) is 14.2 Å². The van der Waals surface area contributed by atoms with Crippen LogP contribution < -0.4 is 0 Å². The highest BCUT2D eigenvalue weighted by Crippen LogP contribution is 2.16. The zero-order valence-corrected chi connectivity index (χ0v) is 20.3. The summed E-state index contributed by atoms with van der Waals surface area (Å²) in [6.07, 6.45) is 15.9. The minimum Gasteiger partial charge on any atom is -0.421 e. The molecule has 1 aliphatic rings. The molecule has 0 saturated heterocycles. The molecule has 0 atom stereocenters. The molecule has 1 fully saturated rings. The quantitative estimate of drug-likeness (QED) is 0.304. The van der Waals surface area contributed by atoms with Crippen LogP contribution in [-0.4, -0.2) is 30.9 Å². The Hall–Kier alpha value is 0.354. The molecule has 0 aromatic rings. The zero-order chi connectivity index (χ0) is 18.9. The van der Waals surface area contributed by atoms with Crippen molar-refractivity contribution in [2.24, 2.45) is 0 Å². The van der Waals surface area contributed by atoms with Crippen molar-refractivity contribution in [1.82, 2.24) is 0 Å². The largest absolute Gasteiger partial charge is 0.421 e. The summed E-state index contributed by atoms with van der Waals surface area (Å²) >= 11 is 0. The van der Waals surface area contributed by atoms with Gasteiger partial charge in [-0.05, 0) is 38.8 Å². The lowest BCUT2D eigenvalue weighted by Crippen LogP contribution is -2.27. The first kappa shape index (κ1) is 26.6. The molecule has 1 saturated carbocycles. The van der Waals surface area contributed by atoms with E-state index in [1.165, 1.54) is 76.7 Å². The maximum atomic E-state index is 5.50. The van der Waals surface area contributed by atoms with Gasteiger partial charge in [-0.25, -0.2) is 0 Å². The Morgan fingerprint density at radius 1 is 0.625 bits per heavy atom. The van der Waals surface area contributed by atoms with Gasteiger partial charge in [-0.1, -0.05) is 77.6 Å². The van der Waals surface area contributed by atoms with Crippen molar-refractivity contribution >= 4 is 16.6 Å². The summed E-state index contributed by atoms with van der Waals surface area (Å²) in [5.74, 6) is 0. The van der Waals surface area contributed by atoms with Crippen molar-refractivity contribution in [3.63, 3.8) is 0 Å². The normalized spacial score (nSPS) is 14.5. The number of hydrogen-bond acceptors (Lipinski definition) is 2. The summed E-state index contributed by atoms with van der Waals surface area (Å²) in [5.41, 5.74) is 0. The Kier molecular flexibility index (Phi) is 18.6. The Labute approximate surface area is 156 Å². The van der Waals surface area contributed by atoms with Crippen LogP contribution in [0.2, 0.25) is 38.8 Å². The van der Waals surface area contributed by atoms with Crippen molar-refractivity contribution < 1.29 is 8.85 Å². The summed E-state index contributed by atoms with van der Waals surface area (Å²) in [5, 5.41) is 0. The predicted octanol–water partition coefficient (Wildman–Crippen LogP) is 7.62. The molecule has 0 unspecified atom stereocenters. The van der Waals surface area contributed by atoms with Gasteiger partial charge in [0, 0.05) is 14.2 Å². The second-order valence-corrected chi connectivity index (χ2v) is 17.6. The van der Waals surface area contributed by atoms with Crippen LogP contribution in [-0.2, 0) is 8.85 Å². The molecule has 0 aromatic carbocycles. The van der Waals surface area contributed by atoms with E-state index in [4.69, 9.17) is 8.85 Å². The van der Waals surface area contributed by atoms with Crippen LogP contribution in [0, 0.1) is 0 Å². The van der Waals surface area contributed by atoms with Gasteiger partial charge in [-0.2, -0.15) is 0 Å². The van der Waals surface area contributed by atoms with Gasteiger partial charge in [0.1, 0.15) is 0 Å². The molecule has 24 heavy (non-hydrogen) atoms. The molecule has 4 heteroatoms. The molecule has 148 valence electrons. The van der Waals surface area contributed by atoms with Gasteiger partial charge in [-0.15, -0.1) is 0 Å². The average Bonchev–Trinajstić information content (AvgIpc) is 3.10. The minimum atomic E-state index is -1.25. The SMILES string of the molecule is C1CCCC1.CCCCCCCC[Si](C)(C)OC.CO[Si](C)(C)C. The fourth-order valence-corrected chi connectivity index (χ4v) is 3.62. The number of hydrogen-bond donors (Lipinski definition) is 0. The predicted molar refractivity (Wildman–Crippen MR) is 116 cm³/mol. The van der Waals surface area contributed by atoms with Gasteiger partial charge < -0.3 is 8.85 Å². The third-order valence-electron chi connectivity index (χ3n) is 4.55. The van der Waals surface area contributed by atoms with Gasteiger partial charge in [-0.3, -0.25) is 0 Å². The lowest BCUT2D eigenvalue weighted by atomic mass is 10.1. The smallest absolute Gasteiger partial charge is 0.186 e. The van der Waals surface area contributed by atoms with E-state index in [1.54, 1.807) is 7.11 Å². The maximum absolute atomic E-state index is 5.50. The molecule has 1 aliphatic carbocycles. The molecular formula is C20H48O2Si2. The molecule has 0 aliphatic heterocycles. The maximum Gasteiger partial charge on any atom is 0.186 e. The van der Waals surface area contributed by atoms with Crippen molar-refractivity contribution in [2.45, 2.75) is 116 Å². The van der Waals surface area contributed by atoms with Gasteiger partial charge >= 0.3 is 0 Å². The van der Waals surface area contributed by atoms with Crippen molar-refractivity contribution in [3.05, 3.63) is 0 Å². The molecule has 0 N–H and O–H groups in total. The van der Waals surface area contributed by atoms with Crippen LogP contribution >= 0.6 is 0 Å². The Morgan fingerprint density at radius 2 is 1.00 bits per heavy atom. The summed E-state index contributed by atoms with van der Waals surface area (Å²) < 4.78 is 10.6. The van der Waals surface area contributed by atoms with E-state index >= 15 is 0 Å². The van der Waals surface area contributed by atoms with Crippen LogP contribution in [0.5, 0.6) is 0 Å². The fourth-order valence-electron chi connectivity index (χ4n) is 2.32. The summed E-state index contributed by atoms with van der Waals surface area (Å²) in [4.78, 5) is 0. The second-order valence-electron chi connectivity index (χ2n) is 8.57.